The number of nitrogens with zero attached hydrogens (tertiary/aromatic N) is 2. The number of methoxy groups -OCH3 is 1. The number of ether oxygens (including phenoxy) is 2. The molecule has 3 fully saturated rings. The highest BCUT2D eigenvalue weighted by Gasteiger charge is 2.62. The summed E-state index contributed by atoms with van der Waals surface area (Å²) < 4.78 is 10.4. The molecule has 0 unspecified atom stereocenters. The van der Waals surface area contributed by atoms with Gasteiger partial charge in [0.25, 0.3) is 0 Å². The highest BCUT2D eigenvalue weighted by molar-refractivity contribution is 7.99. The second-order valence-corrected chi connectivity index (χ2v) is 9.12. The number of hydrogen-bond donors (Lipinski definition) is 0. The zero-order chi connectivity index (χ0) is 18.4. The van der Waals surface area contributed by atoms with Crippen LogP contribution in [-0.4, -0.2) is 69.7 Å². The Morgan fingerprint density at radius 3 is 2.68 bits per heavy atom. The molecule has 0 aromatic carbocycles. The summed E-state index contributed by atoms with van der Waals surface area (Å²) in [4.78, 5) is 41.4. The number of hydrogen-bond acceptors (Lipinski definition) is 6. The van der Waals surface area contributed by atoms with E-state index in [0.717, 1.165) is 12.2 Å². The van der Waals surface area contributed by atoms with Gasteiger partial charge in [-0.25, -0.2) is 9.59 Å². The second kappa shape index (κ2) is 6.37. The van der Waals surface area contributed by atoms with Crippen molar-refractivity contribution in [2.45, 2.75) is 69.0 Å². The fourth-order valence-corrected chi connectivity index (χ4v) is 5.47. The standard InChI is InChI=1S/C17H26N2O5S/c1-16(2,3)24-15(22)18-8-5-7-17(18)10-12-19(14(17)21)11(6-9-25-12)13(20)23-4/h11-12H,5-10H2,1-4H3/t11-,12-,17-/m1/s1. The van der Waals surface area contributed by atoms with Gasteiger partial charge in [-0.1, -0.05) is 0 Å². The van der Waals surface area contributed by atoms with Gasteiger partial charge in [0.2, 0.25) is 5.91 Å². The Morgan fingerprint density at radius 1 is 1.32 bits per heavy atom. The van der Waals surface area contributed by atoms with E-state index in [2.05, 4.69) is 0 Å². The SMILES string of the molecule is COC(=O)[C@H]1CCS[C@@H]2C[C@]3(CCCN3C(=O)OC(C)(C)C)C(=O)N12. The summed E-state index contributed by atoms with van der Waals surface area (Å²) >= 11 is 1.68. The van der Waals surface area contributed by atoms with E-state index in [1.54, 1.807) is 21.6 Å². The lowest BCUT2D eigenvalue weighted by Crippen LogP contribution is -2.56. The molecule has 3 saturated heterocycles. The predicted octanol–water partition coefficient (Wildman–Crippen LogP) is 1.99. The normalized spacial score (nSPS) is 32.1. The molecule has 0 aromatic rings. The minimum atomic E-state index is -0.878. The summed E-state index contributed by atoms with van der Waals surface area (Å²) in [6.45, 7) is 5.96. The number of carbonyl (C=O) groups is 3. The van der Waals surface area contributed by atoms with Crippen LogP contribution in [0.5, 0.6) is 0 Å². The fourth-order valence-electron chi connectivity index (χ4n) is 4.05. The third-order valence-electron chi connectivity index (χ3n) is 5.07. The summed E-state index contributed by atoms with van der Waals surface area (Å²) in [6, 6.07) is -0.552. The zero-order valence-electron chi connectivity index (χ0n) is 15.2. The van der Waals surface area contributed by atoms with E-state index in [1.807, 2.05) is 20.8 Å². The van der Waals surface area contributed by atoms with Gasteiger partial charge >= 0.3 is 12.1 Å². The number of rotatable bonds is 1. The third-order valence-corrected chi connectivity index (χ3v) is 6.32. The predicted molar refractivity (Wildman–Crippen MR) is 93.0 cm³/mol. The van der Waals surface area contributed by atoms with Crippen LogP contribution >= 0.6 is 11.8 Å². The summed E-state index contributed by atoms with van der Waals surface area (Å²) in [5, 5.41) is -0.0895. The van der Waals surface area contributed by atoms with Gasteiger partial charge in [0.05, 0.1) is 12.5 Å². The van der Waals surface area contributed by atoms with Gasteiger partial charge in [0.1, 0.15) is 17.2 Å². The van der Waals surface area contributed by atoms with Crippen molar-refractivity contribution in [1.82, 2.24) is 9.80 Å². The molecule has 3 aliphatic rings. The molecule has 0 bridgehead atoms. The average Bonchev–Trinajstić information content (AvgIpc) is 3.08. The first-order chi connectivity index (χ1) is 11.7. The number of amides is 2. The van der Waals surface area contributed by atoms with Crippen molar-refractivity contribution < 1.29 is 23.9 Å². The Kier molecular flexibility index (Phi) is 4.68. The number of carbonyl (C=O) groups excluding carboxylic acids is 3. The average molecular weight is 370 g/mol. The Morgan fingerprint density at radius 2 is 2.04 bits per heavy atom. The van der Waals surface area contributed by atoms with Crippen molar-refractivity contribution in [2.24, 2.45) is 0 Å². The van der Waals surface area contributed by atoms with Crippen molar-refractivity contribution >= 4 is 29.7 Å². The maximum absolute atomic E-state index is 13.3. The molecule has 0 radical (unpaired) electrons. The summed E-state index contributed by atoms with van der Waals surface area (Å²) in [6.07, 6.45) is 2.06. The van der Waals surface area contributed by atoms with E-state index < -0.39 is 23.3 Å². The lowest BCUT2D eigenvalue weighted by molar-refractivity contribution is -0.154. The quantitative estimate of drug-likeness (QED) is 0.657. The lowest BCUT2D eigenvalue weighted by Gasteiger charge is -2.36. The minimum Gasteiger partial charge on any atom is -0.467 e. The highest BCUT2D eigenvalue weighted by atomic mass is 32.2. The topological polar surface area (TPSA) is 76.1 Å². The van der Waals surface area contributed by atoms with Gasteiger partial charge in [-0.05, 0) is 45.8 Å². The van der Waals surface area contributed by atoms with E-state index in [0.29, 0.717) is 25.8 Å². The largest absolute Gasteiger partial charge is 0.467 e. The summed E-state index contributed by atoms with van der Waals surface area (Å²) in [7, 11) is 1.35. The molecule has 3 rings (SSSR count). The molecule has 140 valence electrons. The summed E-state index contributed by atoms with van der Waals surface area (Å²) in [5.41, 5.74) is -1.49. The Balaban J connectivity index is 1.88. The second-order valence-electron chi connectivity index (χ2n) is 7.84. The maximum atomic E-state index is 13.3. The van der Waals surface area contributed by atoms with Crippen LogP contribution in [0.2, 0.25) is 0 Å². The van der Waals surface area contributed by atoms with Crippen LogP contribution in [0.15, 0.2) is 0 Å². The molecule has 8 heteroatoms. The highest BCUT2D eigenvalue weighted by Crippen LogP contribution is 2.48. The molecule has 7 nitrogen and oxygen atoms in total. The number of esters is 1. The molecule has 0 N–H and O–H groups in total. The molecule has 3 aliphatic heterocycles. The Bertz CT molecular complexity index is 590. The van der Waals surface area contributed by atoms with E-state index in [1.165, 1.54) is 7.11 Å². The zero-order valence-corrected chi connectivity index (χ0v) is 16.1. The lowest BCUT2D eigenvalue weighted by atomic mass is 9.94. The molecular weight excluding hydrogens is 344 g/mol. The van der Waals surface area contributed by atoms with Gasteiger partial charge < -0.3 is 14.4 Å². The van der Waals surface area contributed by atoms with E-state index in [9.17, 15) is 14.4 Å². The molecule has 1 spiro atoms. The Hall–Kier alpha value is -1.44. The fraction of sp³-hybridized carbons (Fsp3) is 0.824. The van der Waals surface area contributed by atoms with Gasteiger partial charge in [0.15, 0.2) is 0 Å². The van der Waals surface area contributed by atoms with Gasteiger partial charge in [0, 0.05) is 13.0 Å². The summed E-state index contributed by atoms with van der Waals surface area (Å²) in [5.74, 6) is 0.289. The smallest absolute Gasteiger partial charge is 0.411 e. The van der Waals surface area contributed by atoms with Crippen molar-refractivity contribution in [3.05, 3.63) is 0 Å². The first kappa shape index (κ1) is 18.4. The molecule has 25 heavy (non-hydrogen) atoms. The van der Waals surface area contributed by atoms with Crippen molar-refractivity contribution in [2.75, 3.05) is 19.4 Å². The van der Waals surface area contributed by atoms with Crippen LogP contribution in [0, 0.1) is 0 Å². The van der Waals surface area contributed by atoms with Crippen molar-refractivity contribution in [3.8, 4) is 0 Å². The molecule has 0 aromatic heterocycles. The molecular formula is C17H26N2O5S. The van der Waals surface area contributed by atoms with Crippen LogP contribution in [0.3, 0.4) is 0 Å². The van der Waals surface area contributed by atoms with Gasteiger partial charge in [-0.15, -0.1) is 11.8 Å². The van der Waals surface area contributed by atoms with E-state index >= 15 is 0 Å². The molecule has 2 amide bonds. The van der Waals surface area contributed by atoms with Crippen LogP contribution < -0.4 is 0 Å². The maximum Gasteiger partial charge on any atom is 0.411 e. The minimum absolute atomic E-state index is 0.0895. The van der Waals surface area contributed by atoms with Crippen LogP contribution in [-0.2, 0) is 19.1 Å². The van der Waals surface area contributed by atoms with E-state index in [-0.39, 0.29) is 17.3 Å². The van der Waals surface area contributed by atoms with Crippen LogP contribution in [0.1, 0.15) is 46.5 Å². The Labute approximate surface area is 152 Å². The molecule has 3 atom stereocenters. The van der Waals surface area contributed by atoms with Gasteiger partial charge in [-0.3, -0.25) is 9.69 Å². The molecule has 3 heterocycles. The number of likely N-dealkylation sites (tertiary alicyclic amines) is 1. The van der Waals surface area contributed by atoms with E-state index in [4.69, 9.17) is 9.47 Å². The molecule has 0 saturated carbocycles. The number of fused-ring (bicyclic) bond motifs is 1. The first-order valence-corrected chi connectivity index (χ1v) is 9.77. The van der Waals surface area contributed by atoms with Crippen LogP contribution in [0.25, 0.3) is 0 Å². The van der Waals surface area contributed by atoms with Crippen molar-refractivity contribution in [1.29, 1.82) is 0 Å². The third kappa shape index (κ3) is 3.09. The first-order valence-electron chi connectivity index (χ1n) is 8.72. The molecule has 0 aliphatic carbocycles. The van der Waals surface area contributed by atoms with Crippen LogP contribution in [0.4, 0.5) is 4.79 Å². The van der Waals surface area contributed by atoms with Gasteiger partial charge in [-0.2, -0.15) is 0 Å². The van der Waals surface area contributed by atoms with Crippen molar-refractivity contribution in [3.63, 3.8) is 0 Å². The monoisotopic (exact) mass is 370 g/mol. The number of thioether (sulfide) groups is 1.